The number of aliphatic hydroxyl groups is 1. The van der Waals surface area contributed by atoms with Gasteiger partial charge in [-0.2, -0.15) is 0 Å². The van der Waals surface area contributed by atoms with Gasteiger partial charge in [0.15, 0.2) is 0 Å². The molecule has 4 unspecified atom stereocenters. The highest BCUT2D eigenvalue weighted by molar-refractivity contribution is 5.88. The van der Waals surface area contributed by atoms with Crippen molar-refractivity contribution in [1.29, 1.82) is 0 Å². The second-order valence-electron chi connectivity index (χ2n) is 10.3. The van der Waals surface area contributed by atoms with E-state index in [0.717, 1.165) is 39.5 Å². The van der Waals surface area contributed by atoms with Crippen molar-refractivity contribution in [2.45, 2.75) is 142 Å². The first-order chi connectivity index (χ1) is 19.0. The molecule has 0 bridgehead atoms. The topological polar surface area (TPSA) is 174 Å². The van der Waals surface area contributed by atoms with Gasteiger partial charge in [-0.1, -0.05) is 96.8 Å². The lowest BCUT2D eigenvalue weighted by atomic mass is 9.94. The number of unbranched alkanes of at least 4 members (excludes halogenated alkanes) is 13. The number of carbonyl (C=O) groups excluding carboxylic acids is 3. The number of esters is 3. The molecule has 0 amide bonds. The minimum atomic E-state index is -2.17. The summed E-state index contributed by atoms with van der Waals surface area (Å²) in [6.07, 6.45) is 11.0. The third-order valence-corrected chi connectivity index (χ3v) is 6.63. The summed E-state index contributed by atoms with van der Waals surface area (Å²) in [7, 11) is 0. The molecule has 0 fully saturated rings. The van der Waals surface area contributed by atoms with Gasteiger partial charge in [0, 0.05) is 13.8 Å². The van der Waals surface area contributed by atoms with Gasteiger partial charge in [0.1, 0.15) is 6.10 Å². The van der Waals surface area contributed by atoms with E-state index in [0.29, 0.717) is 12.8 Å². The Morgan fingerprint density at radius 3 is 1.40 bits per heavy atom. The lowest BCUT2D eigenvalue weighted by Crippen LogP contribution is -2.47. The Morgan fingerprint density at radius 2 is 1.02 bits per heavy atom. The lowest BCUT2D eigenvalue weighted by molar-refractivity contribution is -0.192. The molecule has 0 aromatic heterocycles. The Bertz CT molecular complexity index is 752. The van der Waals surface area contributed by atoms with Crippen LogP contribution >= 0.6 is 0 Å². The van der Waals surface area contributed by atoms with Crippen LogP contribution in [0.25, 0.3) is 0 Å². The van der Waals surface area contributed by atoms with Crippen LogP contribution in [-0.4, -0.2) is 70.1 Å². The zero-order chi connectivity index (χ0) is 30.3. The molecular formula is C29H50O11. The summed E-state index contributed by atoms with van der Waals surface area (Å²) in [5, 5.41) is 28.6. The molecule has 0 saturated carbocycles. The zero-order valence-electron chi connectivity index (χ0n) is 24.4. The molecular weight excluding hydrogens is 524 g/mol. The van der Waals surface area contributed by atoms with E-state index in [9.17, 15) is 39.3 Å². The Morgan fingerprint density at radius 1 is 0.600 bits per heavy atom. The largest absolute Gasteiger partial charge is 0.481 e. The molecule has 40 heavy (non-hydrogen) atoms. The van der Waals surface area contributed by atoms with Crippen LogP contribution in [0.1, 0.15) is 124 Å². The number of ether oxygens (including phenoxy) is 3. The predicted molar refractivity (Wildman–Crippen MR) is 146 cm³/mol. The number of hydrogen-bond acceptors (Lipinski definition) is 9. The van der Waals surface area contributed by atoms with Crippen LogP contribution in [0.2, 0.25) is 0 Å². The second-order valence-corrected chi connectivity index (χ2v) is 10.3. The third kappa shape index (κ3) is 18.6. The van der Waals surface area contributed by atoms with Crippen molar-refractivity contribution in [3.63, 3.8) is 0 Å². The van der Waals surface area contributed by atoms with E-state index >= 15 is 0 Å². The highest BCUT2D eigenvalue weighted by atomic mass is 16.6. The molecule has 0 rings (SSSR count). The summed E-state index contributed by atoms with van der Waals surface area (Å²) in [5.74, 6) is -7.19. The molecule has 0 aliphatic heterocycles. The summed E-state index contributed by atoms with van der Waals surface area (Å²) < 4.78 is 14.4. The van der Waals surface area contributed by atoms with Crippen LogP contribution in [0.15, 0.2) is 0 Å². The van der Waals surface area contributed by atoms with Gasteiger partial charge in [-0.3, -0.25) is 14.4 Å². The van der Waals surface area contributed by atoms with E-state index in [1.165, 1.54) is 57.8 Å². The first-order valence-electron chi connectivity index (χ1n) is 14.6. The normalized spacial score (nSPS) is 14.0. The highest BCUT2D eigenvalue weighted by Crippen LogP contribution is 2.21. The van der Waals surface area contributed by atoms with Crippen molar-refractivity contribution in [2.75, 3.05) is 6.61 Å². The summed E-state index contributed by atoms with van der Waals surface area (Å²) >= 11 is 0. The van der Waals surface area contributed by atoms with Crippen molar-refractivity contribution < 1.29 is 53.5 Å². The van der Waals surface area contributed by atoms with Crippen LogP contribution in [0.5, 0.6) is 0 Å². The molecule has 0 radical (unpaired) electrons. The SMILES string of the molecule is CCCCCCCCCCCCCCCCC(CC(CO)OC(=O)C(OC(C)=O)C(OC(C)=O)C(=O)O)C(=O)O. The fourth-order valence-corrected chi connectivity index (χ4v) is 4.47. The average Bonchev–Trinajstić information content (AvgIpc) is 2.88. The quantitative estimate of drug-likeness (QED) is 0.0776. The molecule has 0 aliphatic rings. The Balaban J connectivity index is 4.56. The molecule has 0 spiro atoms. The number of carboxylic acids is 2. The zero-order valence-corrected chi connectivity index (χ0v) is 24.4. The van der Waals surface area contributed by atoms with E-state index in [4.69, 9.17) is 9.47 Å². The molecule has 0 heterocycles. The van der Waals surface area contributed by atoms with Gasteiger partial charge < -0.3 is 29.5 Å². The van der Waals surface area contributed by atoms with Gasteiger partial charge in [0.05, 0.1) is 12.5 Å². The minimum absolute atomic E-state index is 0.214. The van der Waals surface area contributed by atoms with E-state index in [-0.39, 0.29) is 6.42 Å². The van der Waals surface area contributed by atoms with Gasteiger partial charge >= 0.3 is 29.8 Å². The van der Waals surface area contributed by atoms with E-state index in [1.54, 1.807) is 0 Å². The molecule has 0 saturated heterocycles. The van der Waals surface area contributed by atoms with Crippen molar-refractivity contribution >= 4 is 29.8 Å². The predicted octanol–water partition coefficient (Wildman–Crippen LogP) is 4.80. The maximum Gasteiger partial charge on any atom is 0.352 e. The number of carbonyl (C=O) groups is 5. The number of carboxylic acid groups (broad SMARTS) is 2. The van der Waals surface area contributed by atoms with Gasteiger partial charge in [0.25, 0.3) is 0 Å². The number of rotatable bonds is 25. The fourth-order valence-electron chi connectivity index (χ4n) is 4.47. The maximum absolute atomic E-state index is 12.6. The van der Waals surface area contributed by atoms with Crippen LogP contribution in [0, 0.1) is 5.92 Å². The Labute approximate surface area is 237 Å². The average molecular weight is 575 g/mol. The van der Waals surface area contributed by atoms with Crippen LogP contribution in [0.4, 0.5) is 0 Å². The van der Waals surface area contributed by atoms with Gasteiger partial charge in [0.2, 0.25) is 12.2 Å². The summed E-state index contributed by atoms with van der Waals surface area (Å²) in [5.41, 5.74) is 0. The van der Waals surface area contributed by atoms with Crippen molar-refractivity contribution in [3.05, 3.63) is 0 Å². The summed E-state index contributed by atoms with van der Waals surface area (Å²) in [6.45, 7) is 3.33. The number of aliphatic carboxylic acids is 2. The standard InChI is InChI=1S/C29H50O11/c1-4-5-6-7-8-9-10-11-12-13-14-15-16-17-18-23(27(33)34)19-24(20-30)40-29(37)26(39-22(3)32)25(28(35)36)38-21(2)31/h23-26,30H,4-20H2,1-3H3,(H,33,34)(H,35,36). The van der Waals surface area contributed by atoms with Gasteiger partial charge in [-0.05, 0) is 12.8 Å². The van der Waals surface area contributed by atoms with Gasteiger partial charge in [-0.15, -0.1) is 0 Å². The van der Waals surface area contributed by atoms with Gasteiger partial charge in [-0.25, -0.2) is 9.59 Å². The van der Waals surface area contributed by atoms with Crippen LogP contribution in [-0.2, 0) is 38.2 Å². The fraction of sp³-hybridized carbons (Fsp3) is 0.828. The molecule has 0 aromatic carbocycles. The molecule has 232 valence electrons. The molecule has 4 atom stereocenters. The first kappa shape index (κ1) is 37.3. The third-order valence-electron chi connectivity index (χ3n) is 6.63. The molecule has 0 aliphatic carbocycles. The molecule has 11 heteroatoms. The minimum Gasteiger partial charge on any atom is -0.481 e. The second kappa shape index (κ2) is 23.1. The van der Waals surface area contributed by atoms with Crippen molar-refractivity contribution in [2.24, 2.45) is 5.92 Å². The Kier molecular flexibility index (Phi) is 21.5. The van der Waals surface area contributed by atoms with Crippen molar-refractivity contribution in [1.82, 2.24) is 0 Å². The maximum atomic E-state index is 12.6. The molecule has 11 nitrogen and oxygen atoms in total. The van der Waals surface area contributed by atoms with E-state index < -0.39 is 60.7 Å². The lowest BCUT2D eigenvalue weighted by Gasteiger charge is -2.25. The summed E-state index contributed by atoms with van der Waals surface area (Å²) in [4.78, 5) is 58.6. The number of hydrogen-bond donors (Lipinski definition) is 3. The number of aliphatic hydroxyl groups excluding tert-OH is 1. The first-order valence-corrected chi connectivity index (χ1v) is 14.6. The van der Waals surface area contributed by atoms with Crippen LogP contribution < -0.4 is 0 Å². The molecule has 0 aromatic rings. The highest BCUT2D eigenvalue weighted by Gasteiger charge is 2.42. The van der Waals surface area contributed by atoms with Crippen molar-refractivity contribution in [3.8, 4) is 0 Å². The Hall–Kier alpha value is -2.69. The molecule has 3 N–H and O–H groups in total. The summed E-state index contributed by atoms with van der Waals surface area (Å²) in [6, 6.07) is 0. The van der Waals surface area contributed by atoms with E-state index in [2.05, 4.69) is 11.7 Å². The van der Waals surface area contributed by atoms with E-state index in [1.807, 2.05) is 0 Å². The van der Waals surface area contributed by atoms with Crippen LogP contribution in [0.3, 0.4) is 0 Å². The smallest absolute Gasteiger partial charge is 0.352 e. The monoisotopic (exact) mass is 574 g/mol.